The highest BCUT2D eigenvalue weighted by Gasteiger charge is 2.34. The normalized spacial score (nSPS) is 23.7. The average molecular weight is 267 g/mol. The van der Waals surface area contributed by atoms with E-state index in [0.29, 0.717) is 18.6 Å². The number of nitrogens with one attached hydrogen (secondary N) is 1. The van der Waals surface area contributed by atoms with Crippen LogP contribution in [0.3, 0.4) is 0 Å². The molecule has 2 heterocycles. The van der Waals surface area contributed by atoms with Crippen LogP contribution in [-0.4, -0.2) is 66.8 Å². The summed E-state index contributed by atoms with van der Waals surface area (Å²) in [5.74, 6) is 0.856. The largest absolute Gasteiger partial charge is 0.339 e. The maximum atomic E-state index is 12.7. The van der Waals surface area contributed by atoms with Gasteiger partial charge in [0.25, 0.3) is 0 Å². The molecule has 0 aromatic rings. The highest BCUT2D eigenvalue weighted by molar-refractivity contribution is 5.83. The first kappa shape index (κ1) is 14.5. The molecule has 1 N–H and O–H groups in total. The Morgan fingerprint density at radius 3 is 2.21 bits per heavy atom. The second-order valence-corrected chi connectivity index (χ2v) is 5.84. The van der Waals surface area contributed by atoms with Crippen LogP contribution in [0.1, 0.15) is 26.7 Å². The van der Waals surface area contributed by atoms with Gasteiger partial charge in [0.15, 0.2) is 0 Å². The molecule has 1 amide bonds. The molecule has 2 rings (SSSR count). The van der Waals surface area contributed by atoms with E-state index in [1.165, 1.54) is 0 Å². The predicted molar refractivity (Wildman–Crippen MR) is 73.9 cm³/mol. The van der Waals surface area contributed by atoms with Crippen molar-refractivity contribution in [2.75, 3.05) is 39.3 Å². The lowest BCUT2D eigenvalue weighted by molar-refractivity contribution is -0.141. The van der Waals surface area contributed by atoms with E-state index in [1.807, 2.05) is 4.90 Å². The molecule has 0 bridgehead atoms. The Bertz CT molecular complexity index is 328. The Morgan fingerprint density at radius 1 is 1.11 bits per heavy atom. The zero-order valence-corrected chi connectivity index (χ0v) is 12.0. The molecule has 2 fully saturated rings. The smallest absolute Gasteiger partial charge is 0.240 e. The van der Waals surface area contributed by atoms with E-state index in [9.17, 15) is 9.59 Å². The first-order chi connectivity index (χ1) is 9.09. The van der Waals surface area contributed by atoms with Gasteiger partial charge in [0.2, 0.25) is 5.91 Å². The molecule has 0 aromatic carbocycles. The molecule has 5 heteroatoms. The van der Waals surface area contributed by atoms with Crippen LogP contribution in [-0.2, 0) is 9.59 Å². The molecule has 108 valence electrons. The van der Waals surface area contributed by atoms with Crippen molar-refractivity contribution in [3.8, 4) is 0 Å². The van der Waals surface area contributed by atoms with Crippen molar-refractivity contribution in [1.82, 2.24) is 15.1 Å². The zero-order chi connectivity index (χ0) is 13.8. The molecule has 0 saturated carbocycles. The van der Waals surface area contributed by atoms with Crippen LogP contribution in [0.15, 0.2) is 0 Å². The predicted octanol–water partition coefficient (Wildman–Crippen LogP) is 0.108. The number of nitrogens with zero attached hydrogens (tertiary/aromatic N) is 2. The molecule has 2 aliphatic heterocycles. The second kappa shape index (κ2) is 6.48. The van der Waals surface area contributed by atoms with Crippen LogP contribution >= 0.6 is 0 Å². The molecule has 1 atom stereocenters. The number of likely N-dealkylation sites (tertiary alicyclic amines) is 1. The number of piperazine rings is 1. The van der Waals surface area contributed by atoms with Crippen LogP contribution in [0, 0.1) is 5.92 Å². The van der Waals surface area contributed by atoms with E-state index in [0.717, 1.165) is 39.3 Å². The average Bonchev–Trinajstić information content (AvgIpc) is 2.42. The van der Waals surface area contributed by atoms with Crippen LogP contribution in [0.5, 0.6) is 0 Å². The fraction of sp³-hybridized carbons (Fsp3) is 0.857. The van der Waals surface area contributed by atoms with Gasteiger partial charge in [-0.3, -0.25) is 14.5 Å². The summed E-state index contributed by atoms with van der Waals surface area (Å²) in [6.45, 7) is 9.04. The Kier molecular flexibility index (Phi) is 4.93. The number of hydrogen-bond acceptors (Lipinski definition) is 4. The lowest BCUT2D eigenvalue weighted by Crippen LogP contribution is -2.57. The summed E-state index contributed by atoms with van der Waals surface area (Å²) >= 11 is 0. The number of piperidine rings is 1. The molecule has 0 aliphatic carbocycles. The van der Waals surface area contributed by atoms with Crippen molar-refractivity contribution in [3.63, 3.8) is 0 Å². The Balaban J connectivity index is 2.02. The Labute approximate surface area is 115 Å². The summed E-state index contributed by atoms with van der Waals surface area (Å²) in [7, 11) is 0. The van der Waals surface area contributed by atoms with Crippen LogP contribution in [0.25, 0.3) is 0 Å². The Hall–Kier alpha value is -0.940. The van der Waals surface area contributed by atoms with E-state index < -0.39 is 0 Å². The van der Waals surface area contributed by atoms with Gasteiger partial charge in [-0.25, -0.2) is 0 Å². The lowest BCUT2D eigenvalue weighted by Gasteiger charge is -2.39. The van der Waals surface area contributed by atoms with Gasteiger partial charge < -0.3 is 10.2 Å². The second-order valence-electron chi connectivity index (χ2n) is 5.84. The minimum absolute atomic E-state index is 0.0637. The number of Topliss-reactive ketones (excluding diaryl/α,β-unsaturated/α-hetero) is 1. The van der Waals surface area contributed by atoms with Crippen molar-refractivity contribution in [3.05, 3.63) is 0 Å². The van der Waals surface area contributed by atoms with Gasteiger partial charge in [-0.2, -0.15) is 0 Å². The summed E-state index contributed by atoms with van der Waals surface area (Å²) in [6, 6.07) is -0.0637. The SMILES string of the molecule is CC(C)C(C(=O)N1CCNCC1)N1CCC(=O)CC1. The number of carbonyl (C=O) groups excluding carboxylic acids is 2. The molecule has 5 nitrogen and oxygen atoms in total. The third-order valence-electron chi connectivity index (χ3n) is 4.06. The molecular weight excluding hydrogens is 242 g/mol. The van der Waals surface area contributed by atoms with Gasteiger partial charge in [-0.05, 0) is 5.92 Å². The first-order valence-electron chi connectivity index (χ1n) is 7.35. The fourth-order valence-corrected chi connectivity index (χ4v) is 2.99. The molecule has 0 aromatic heterocycles. The van der Waals surface area contributed by atoms with Gasteiger partial charge >= 0.3 is 0 Å². The summed E-state index contributed by atoms with van der Waals surface area (Å²) in [4.78, 5) is 28.2. The van der Waals surface area contributed by atoms with Crippen molar-refractivity contribution < 1.29 is 9.59 Å². The molecule has 19 heavy (non-hydrogen) atoms. The van der Waals surface area contributed by atoms with Crippen molar-refractivity contribution >= 4 is 11.7 Å². The number of hydrogen-bond donors (Lipinski definition) is 1. The van der Waals surface area contributed by atoms with Gasteiger partial charge in [-0.15, -0.1) is 0 Å². The summed E-state index contributed by atoms with van der Waals surface area (Å²) in [5.41, 5.74) is 0. The maximum Gasteiger partial charge on any atom is 0.240 e. The van der Waals surface area contributed by atoms with E-state index in [-0.39, 0.29) is 17.9 Å². The van der Waals surface area contributed by atoms with E-state index >= 15 is 0 Å². The number of rotatable bonds is 3. The lowest BCUT2D eigenvalue weighted by atomic mass is 9.97. The quantitative estimate of drug-likeness (QED) is 0.788. The van der Waals surface area contributed by atoms with E-state index in [4.69, 9.17) is 0 Å². The summed E-state index contributed by atoms with van der Waals surface area (Å²) < 4.78 is 0. The van der Waals surface area contributed by atoms with Gasteiger partial charge in [0, 0.05) is 52.1 Å². The van der Waals surface area contributed by atoms with Crippen LogP contribution in [0.2, 0.25) is 0 Å². The minimum atomic E-state index is -0.0637. The van der Waals surface area contributed by atoms with Gasteiger partial charge in [0.1, 0.15) is 5.78 Å². The molecule has 1 unspecified atom stereocenters. The van der Waals surface area contributed by atoms with Gasteiger partial charge in [-0.1, -0.05) is 13.8 Å². The number of amides is 1. The number of ketones is 1. The van der Waals surface area contributed by atoms with Crippen LogP contribution in [0.4, 0.5) is 0 Å². The Morgan fingerprint density at radius 2 is 1.68 bits per heavy atom. The minimum Gasteiger partial charge on any atom is -0.339 e. The van der Waals surface area contributed by atoms with Crippen molar-refractivity contribution in [2.24, 2.45) is 5.92 Å². The zero-order valence-electron chi connectivity index (χ0n) is 12.0. The van der Waals surface area contributed by atoms with Crippen LogP contribution < -0.4 is 5.32 Å². The highest BCUT2D eigenvalue weighted by Crippen LogP contribution is 2.18. The molecule has 2 aliphatic rings. The third kappa shape index (κ3) is 3.54. The standard InChI is InChI=1S/C14H25N3O2/c1-11(2)13(16-7-3-12(18)4-8-16)14(19)17-9-5-15-6-10-17/h11,13,15H,3-10H2,1-2H3. The third-order valence-corrected chi connectivity index (χ3v) is 4.06. The molecule has 0 radical (unpaired) electrons. The highest BCUT2D eigenvalue weighted by atomic mass is 16.2. The van der Waals surface area contributed by atoms with E-state index in [1.54, 1.807) is 0 Å². The monoisotopic (exact) mass is 267 g/mol. The fourth-order valence-electron chi connectivity index (χ4n) is 2.99. The van der Waals surface area contributed by atoms with Gasteiger partial charge in [0.05, 0.1) is 6.04 Å². The van der Waals surface area contributed by atoms with Crippen molar-refractivity contribution in [2.45, 2.75) is 32.7 Å². The summed E-state index contributed by atoms with van der Waals surface area (Å²) in [5, 5.41) is 3.27. The van der Waals surface area contributed by atoms with Crippen molar-refractivity contribution in [1.29, 1.82) is 0 Å². The first-order valence-corrected chi connectivity index (χ1v) is 7.35. The molecular formula is C14H25N3O2. The van der Waals surface area contributed by atoms with E-state index in [2.05, 4.69) is 24.1 Å². The number of carbonyl (C=O) groups is 2. The maximum absolute atomic E-state index is 12.7. The molecule has 2 saturated heterocycles. The summed E-state index contributed by atoms with van der Waals surface area (Å²) in [6.07, 6.45) is 1.19. The molecule has 0 spiro atoms. The topological polar surface area (TPSA) is 52.7 Å².